The van der Waals surface area contributed by atoms with Crippen molar-refractivity contribution in [1.29, 1.82) is 0 Å². The molecule has 0 radical (unpaired) electrons. The lowest BCUT2D eigenvalue weighted by Gasteiger charge is -2.13. The van der Waals surface area contributed by atoms with Crippen LogP contribution in [0.3, 0.4) is 0 Å². The zero-order chi connectivity index (χ0) is 15.1. The second kappa shape index (κ2) is 7.37. The van der Waals surface area contributed by atoms with Crippen molar-refractivity contribution in [1.82, 2.24) is 0 Å². The molecule has 0 saturated heterocycles. The van der Waals surface area contributed by atoms with E-state index < -0.39 is 0 Å². The molecule has 0 bridgehead atoms. The fourth-order valence-electron chi connectivity index (χ4n) is 1.80. The Balaban J connectivity index is 2.68. The number of benzene rings is 1. The lowest BCUT2D eigenvalue weighted by Crippen LogP contribution is -2.28. The van der Waals surface area contributed by atoms with E-state index >= 15 is 0 Å². The molecule has 0 saturated carbocycles. The highest BCUT2D eigenvalue weighted by atomic mass is 16.5. The molecule has 6 nitrogen and oxygen atoms in total. The topological polar surface area (TPSA) is 112 Å². The number of ether oxygens (including phenoxy) is 1. The van der Waals surface area contributed by atoms with E-state index in [1.54, 1.807) is 0 Å². The van der Waals surface area contributed by atoms with Crippen molar-refractivity contribution in [2.24, 2.45) is 27.2 Å². The average Bonchev–Trinajstić information content (AvgIpc) is 2.32. The van der Waals surface area contributed by atoms with Gasteiger partial charge in [-0.1, -0.05) is 13.0 Å². The molecular weight excluding hydrogens is 254 g/mol. The van der Waals surface area contributed by atoms with Crippen molar-refractivity contribution in [3.63, 3.8) is 0 Å². The van der Waals surface area contributed by atoms with Gasteiger partial charge in [0.2, 0.25) is 5.96 Å². The Hall–Kier alpha value is -2.24. The third-order valence-electron chi connectivity index (χ3n) is 2.67. The Morgan fingerprint density at radius 3 is 2.25 bits per heavy atom. The van der Waals surface area contributed by atoms with Gasteiger partial charge in [0.05, 0.1) is 6.04 Å². The van der Waals surface area contributed by atoms with Crippen molar-refractivity contribution < 1.29 is 4.74 Å². The molecule has 0 aromatic heterocycles. The van der Waals surface area contributed by atoms with Crippen LogP contribution in [-0.4, -0.2) is 24.6 Å². The van der Waals surface area contributed by atoms with Gasteiger partial charge in [0.15, 0.2) is 5.96 Å². The summed E-state index contributed by atoms with van der Waals surface area (Å²) in [5.74, 6) is 0.800. The van der Waals surface area contributed by atoms with Crippen molar-refractivity contribution in [3.05, 3.63) is 29.3 Å². The molecule has 1 aromatic rings. The van der Waals surface area contributed by atoms with E-state index in [2.05, 4.69) is 16.1 Å². The van der Waals surface area contributed by atoms with Gasteiger partial charge in [0.1, 0.15) is 12.4 Å². The van der Waals surface area contributed by atoms with Crippen molar-refractivity contribution in [2.75, 3.05) is 6.61 Å². The minimum absolute atomic E-state index is 0.0703. The zero-order valence-corrected chi connectivity index (χ0v) is 12.3. The summed E-state index contributed by atoms with van der Waals surface area (Å²) in [7, 11) is 0. The maximum Gasteiger partial charge on any atom is 0.218 e. The number of hydrogen-bond donors (Lipinski definition) is 3. The van der Waals surface area contributed by atoms with Gasteiger partial charge in [-0.3, -0.25) is 0 Å². The van der Waals surface area contributed by atoms with Gasteiger partial charge < -0.3 is 21.9 Å². The first-order valence-corrected chi connectivity index (χ1v) is 6.54. The van der Waals surface area contributed by atoms with Gasteiger partial charge in [-0.2, -0.15) is 4.99 Å². The fourth-order valence-corrected chi connectivity index (χ4v) is 1.80. The van der Waals surface area contributed by atoms with Gasteiger partial charge in [0, 0.05) is 0 Å². The van der Waals surface area contributed by atoms with Crippen molar-refractivity contribution in [2.45, 2.75) is 33.2 Å². The minimum Gasteiger partial charge on any atom is -0.491 e. The van der Waals surface area contributed by atoms with E-state index in [-0.39, 0.29) is 18.0 Å². The van der Waals surface area contributed by atoms with Crippen LogP contribution >= 0.6 is 0 Å². The predicted octanol–water partition coefficient (Wildman–Crippen LogP) is 1.05. The molecular formula is C14H23N5O. The summed E-state index contributed by atoms with van der Waals surface area (Å²) >= 11 is 0. The third-order valence-corrected chi connectivity index (χ3v) is 2.67. The standard InChI is InChI=1S/C14H23N5O/c1-4-11(18-14(17)19-13(15)16)8-20-12-6-9(2)5-10(3)7-12/h5-7,11H,4,8H2,1-3H3,(H6,15,16,17,18,19). The average molecular weight is 277 g/mol. The Morgan fingerprint density at radius 1 is 1.15 bits per heavy atom. The minimum atomic E-state index is -0.101. The first-order chi connectivity index (χ1) is 9.40. The summed E-state index contributed by atoms with van der Waals surface area (Å²) in [5.41, 5.74) is 18.4. The van der Waals surface area contributed by atoms with Crippen LogP contribution in [0.15, 0.2) is 28.2 Å². The van der Waals surface area contributed by atoms with Crippen LogP contribution in [0, 0.1) is 13.8 Å². The Bertz CT molecular complexity index is 486. The SMILES string of the molecule is CCC(COc1cc(C)cc(C)c1)N=C(N)N=C(N)N. The van der Waals surface area contributed by atoms with Gasteiger partial charge >= 0.3 is 0 Å². The maximum absolute atomic E-state index is 5.75. The van der Waals surface area contributed by atoms with Crippen LogP contribution in [0.1, 0.15) is 24.5 Å². The van der Waals surface area contributed by atoms with Crippen molar-refractivity contribution >= 4 is 11.9 Å². The molecule has 0 aliphatic carbocycles. The summed E-state index contributed by atoms with van der Waals surface area (Å²) in [6, 6.07) is 5.99. The number of hydrogen-bond acceptors (Lipinski definition) is 2. The molecule has 0 heterocycles. The fraction of sp³-hybridized carbons (Fsp3) is 0.429. The molecule has 1 unspecified atom stereocenters. The van der Waals surface area contributed by atoms with Crippen LogP contribution < -0.4 is 21.9 Å². The van der Waals surface area contributed by atoms with Gasteiger partial charge in [0.25, 0.3) is 0 Å². The molecule has 1 aromatic carbocycles. The quantitative estimate of drug-likeness (QED) is 0.551. The Labute approximate surface area is 119 Å². The molecule has 0 spiro atoms. The first kappa shape index (κ1) is 15.8. The highest BCUT2D eigenvalue weighted by Gasteiger charge is 2.07. The van der Waals surface area contributed by atoms with Crippen LogP contribution in [0.4, 0.5) is 0 Å². The summed E-state index contributed by atoms with van der Waals surface area (Å²) < 4.78 is 5.75. The normalized spacial score (nSPS) is 12.8. The lowest BCUT2D eigenvalue weighted by molar-refractivity contribution is 0.286. The third kappa shape index (κ3) is 5.60. The smallest absolute Gasteiger partial charge is 0.218 e. The molecule has 110 valence electrons. The number of rotatable bonds is 5. The lowest BCUT2D eigenvalue weighted by atomic mass is 10.1. The number of guanidine groups is 2. The molecule has 1 rings (SSSR count). The van der Waals surface area contributed by atoms with Crippen LogP contribution in [0.2, 0.25) is 0 Å². The van der Waals surface area contributed by atoms with Crippen LogP contribution in [0.5, 0.6) is 5.75 Å². The molecule has 0 amide bonds. The van der Waals surface area contributed by atoms with Crippen molar-refractivity contribution in [3.8, 4) is 5.75 Å². The molecule has 20 heavy (non-hydrogen) atoms. The molecule has 1 atom stereocenters. The molecule has 0 aliphatic rings. The van der Waals surface area contributed by atoms with Crippen LogP contribution in [0.25, 0.3) is 0 Å². The van der Waals surface area contributed by atoms with E-state index in [1.165, 1.54) is 0 Å². The number of nitrogens with zero attached hydrogens (tertiary/aromatic N) is 2. The van der Waals surface area contributed by atoms with Gasteiger partial charge in [-0.05, 0) is 43.5 Å². The molecule has 0 aliphatic heterocycles. The monoisotopic (exact) mass is 277 g/mol. The summed E-state index contributed by atoms with van der Waals surface area (Å²) in [4.78, 5) is 7.91. The number of nitrogens with two attached hydrogens (primary N) is 3. The zero-order valence-electron chi connectivity index (χ0n) is 12.3. The highest BCUT2D eigenvalue weighted by molar-refractivity contribution is 5.92. The number of aliphatic imine (C=N–C) groups is 2. The van der Waals surface area contributed by atoms with E-state index in [9.17, 15) is 0 Å². The highest BCUT2D eigenvalue weighted by Crippen LogP contribution is 2.17. The van der Waals surface area contributed by atoms with Crippen LogP contribution in [-0.2, 0) is 0 Å². The van der Waals surface area contributed by atoms with Gasteiger partial charge in [-0.15, -0.1) is 0 Å². The largest absolute Gasteiger partial charge is 0.491 e. The first-order valence-electron chi connectivity index (χ1n) is 6.54. The summed E-state index contributed by atoms with van der Waals surface area (Å²) in [5, 5.41) is 0. The Kier molecular flexibility index (Phi) is 5.83. The van der Waals surface area contributed by atoms with E-state index in [4.69, 9.17) is 21.9 Å². The second-order valence-corrected chi connectivity index (χ2v) is 4.72. The molecule has 6 heteroatoms. The maximum atomic E-state index is 5.75. The van der Waals surface area contributed by atoms with E-state index in [0.717, 1.165) is 23.3 Å². The summed E-state index contributed by atoms with van der Waals surface area (Å²) in [6.45, 7) is 6.50. The molecule has 0 fully saturated rings. The van der Waals surface area contributed by atoms with E-state index in [1.807, 2.05) is 32.9 Å². The number of aryl methyl sites for hydroxylation is 2. The van der Waals surface area contributed by atoms with Gasteiger partial charge in [-0.25, -0.2) is 4.99 Å². The Morgan fingerprint density at radius 2 is 1.75 bits per heavy atom. The second-order valence-electron chi connectivity index (χ2n) is 4.72. The summed E-state index contributed by atoms with van der Waals surface area (Å²) in [6.07, 6.45) is 0.783. The predicted molar refractivity (Wildman–Crippen MR) is 82.9 cm³/mol. The molecule has 6 N–H and O–H groups in total. The van der Waals surface area contributed by atoms with E-state index in [0.29, 0.717) is 6.61 Å².